The van der Waals surface area contributed by atoms with Crippen molar-refractivity contribution in [3.05, 3.63) is 54.6 Å². The summed E-state index contributed by atoms with van der Waals surface area (Å²) in [4.78, 5) is 2.48. The van der Waals surface area contributed by atoms with Gasteiger partial charge in [0.2, 0.25) is 0 Å². The van der Waals surface area contributed by atoms with Crippen LogP contribution in [0.4, 0.5) is 0 Å². The summed E-state index contributed by atoms with van der Waals surface area (Å²) in [5, 5.41) is 0.713. The molecule has 0 aliphatic rings. The largest absolute Gasteiger partial charge is 0.320 e. The van der Waals surface area contributed by atoms with Crippen molar-refractivity contribution in [1.29, 1.82) is 0 Å². The standard InChI is InChI=1S/C13H13BrClNS/c1-7-5-8(2)17-13(7)12(16)10-6-9(15)3-4-11(10)14/h3-6,12H,16H2,1-2H3. The number of aryl methyl sites for hydroxylation is 2. The number of hydrogen-bond donors (Lipinski definition) is 1. The lowest BCUT2D eigenvalue weighted by molar-refractivity contribution is 0.879. The van der Waals surface area contributed by atoms with E-state index in [2.05, 4.69) is 35.8 Å². The molecule has 90 valence electrons. The van der Waals surface area contributed by atoms with Gasteiger partial charge in [0.15, 0.2) is 0 Å². The van der Waals surface area contributed by atoms with Crippen LogP contribution in [-0.4, -0.2) is 0 Å². The van der Waals surface area contributed by atoms with Crippen molar-refractivity contribution in [2.45, 2.75) is 19.9 Å². The first-order valence-electron chi connectivity index (χ1n) is 5.26. The van der Waals surface area contributed by atoms with Crippen molar-refractivity contribution >= 4 is 38.9 Å². The molecule has 17 heavy (non-hydrogen) atoms. The zero-order valence-corrected chi connectivity index (χ0v) is 12.8. The number of thiophene rings is 1. The molecule has 0 radical (unpaired) electrons. The van der Waals surface area contributed by atoms with Crippen LogP contribution in [0.25, 0.3) is 0 Å². The Hall–Kier alpha value is -0.350. The van der Waals surface area contributed by atoms with Gasteiger partial charge in [-0.1, -0.05) is 27.5 Å². The van der Waals surface area contributed by atoms with E-state index in [9.17, 15) is 0 Å². The van der Waals surface area contributed by atoms with Gasteiger partial charge in [0.05, 0.1) is 6.04 Å². The minimum atomic E-state index is -0.123. The van der Waals surface area contributed by atoms with Crippen molar-refractivity contribution in [3.63, 3.8) is 0 Å². The van der Waals surface area contributed by atoms with Crippen molar-refractivity contribution in [2.24, 2.45) is 5.73 Å². The molecule has 1 nitrogen and oxygen atoms in total. The molecule has 0 aliphatic heterocycles. The lowest BCUT2D eigenvalue weighted by Crippen LogP contribution is -2.12. The van der Waals surface area contributed by atoms with Crippen LogP contribution < -0.4 is 5.73 Å². The van der Waals surface area contributed by atoms with E-state index in [1.165, 1.54) is 15.3 Å². The molecular weight excluding hydrogens is 318 g/mol. The first kappa shape index (κ1) is 13.1. The van der Waals surface area contributed by atoms with Crippen LogP contribution in [0.1, 0.15) is 26.9 Å². The molecule has 1 aromatic carbocycles. The summed E-state index contributed by atoms with van der Waals surface area (Å²) in [5.41, 5.74) is 8.59. The van der Waals surface area contributed by atoms with Gasteiger partial charge < -0.3 is 5.73 Å². The van der Waals surface area contributed by atoms with Crippen LogP contribution in [0, 0.1) is 13.8 Å². The molecule has 0 fully saturated rings. The fourth-order valence-corrected chi connectivity index (χ4v) is 3.59. The average Bonchev–Trinajstić information content (AvgIpc) is 2.60. The summed E-state index contributed by atoms with van der Waals surface area (Å²) in [6.45, 7) is 4.19. The Morgan fingerprint density at radius 3 is 2.59 bits per heavy atom. The molecule has 1 heterocycles. The maximum Gasteiger partial charge on any atom is 0.0660 e. The van der Waals surface area contributed by atoms with Crippen LogP contribution in [0.5, 0.6) is 0 Å². The van der Waals surface area contributed by atoms with E-state index < -0.39 is 0 Å². The quantitative estimate of drug-likeness (QED) is 0.838. The Kier molecular flexibility index (Phi) is 3.93. The normalized spacial score (nSPS) is 12.8. The van der Waals surface area contributed by atoms with E-state index in [1.807, 2.05) is 18.2 Å². The summed E-state index contributed by atoms with van der Waals surface area (Å²) in [5.74, 6) is 0. The molecule has 2 aromatic rings. The molecule has 2 rings (SSSR count). The molecular formula is C13H13BrClNS. The third-order valence-corrected chi connectivity index (χ3v) is 4.85. The molecule has 0 spiro atoms. The van der Waals surface area contributed by atoms with Gasteiger partial charge in [-0.3, -0.25) is 0 Å². The predicted octanol–water partition coefficient (Wildman–Crippen LogP) is 4.83. The second-order valence-corrected chi connectivity index (χ2v) is 6.63. The maximum atomic E-state index is 6.32. The van der Waals surface area contributed by atoms with Crippen molar-refractivity contribution < 1.29 is 0 Å². The van der Waals surface area contributed by atoms with Crippen LogP contribution >= 0.6 is 38.9 Å². The molecule has 4 heteroatoms. The average molecular weight is 331 g/mol. The minimum absolute atomic E-state index is 0.123. The molecule has 1 unspecified atom stereocenters. The van der Waals surface area contributed by atoms with Crippen LogP contribution in [-0.2, 0) is 0 Å². The minimum Gasteiger partial charge on any atom is -0.320 e. The number of benzene rings is 1. The van der Waals surface area contributed by atoms with Crippen LogP contribution in [0.3, 0.4) is 0 Å². The topological polar surface area (TPSA) is 26.0 Å². The number of halogens is 2. The zero-order chi connectivity index (χ0) is 12.6. The van der Waals surface area contributed by atoms with Gasteiger partial charge in [0.25, 0.3) is 0 Å². The van der Waals surface area contributed by atoms with Crippen LogP contribution in [0.2, 0.25) is 5.02 Å². The molecule has 0 bridgehead atoms. The van der Waals surface area contributed by atoms with Gasteiger partial charge in [0.1, 0.15) is 0 Å². The number of nitrogens with two attached hydrogens (primary N) is 1. The van der Waals surface area contributed by atoms with E-state index in [0.29, 0.717) is 5.02 Å². The van der Waals surface area contributed by atoms with Crippen LogP contribution in [0.15, 0.2) is 28.7 Å². The van der Waals surface area contributed by atoms with E-state index in [-0.39, 0.29) is 6.04 Å². The molecule has 1 aromatic heterocycles. The monoisotopic (exact) mass is 329 g/mol. The highest BCUT2D eigenvalue weighted by Crippen LogP contribution is 2.34. The Bertz CT molecular complexity index is 550. The molecule has 0 saturated heterocycles. The van der Waals surface area contributed by atoms with Crippen molar-refractivity contribution in [2.75, 3.05) is 0 Å². The fraction of sp³-hybridized carbons (Fsp3) is 0.231. The fourth-order valence-electron chi connectivity index (χ4n) is 1.86. The summed E-state index contributed by atoms with van der Waals surface area (Å²) in [7, 11) is 0. The summed E-state index contributed by atoms with van der Waals surface area (Å²) in [6, 6.07) is 7.76. The predicted molar refractivity (Wildman–Crippen MR) is 79.0 cm³/mol. The lowest BCUT2D eigenvalue weighted by Gasteiger charge is -2.14. The first-order valence-corrected chi connectivity index (χ1v) is 7.25. The Labute approximate surface area is 119 Å². The highest BCUT2D eigenvalue weighted by Gasteiger charge is 2.16. The Morgan fingerprint density at radius 1 is 1.29 bits per heavy atom. The van der Waals surface area contributed by atoms with Gasteiger partial charge in [-0.25, -0.2) is 0 Å². The van der Waals surface area contributed by atoms with Gasteiger partial charge in [-0.2, -0.15) is 0 Å². The second kappa shape index (κ2) is 5.11. The molecule has 2 N–H and O–H groups in total. The number of hydrogen-bond acceptors (Lipinski definition) is 2. The van der Waals surface area contributed by atoms with Crippen molar-refractivity contribution in [3.8, 4) is 0 Å². The first-order chi connectivity index (χ1) is 7.99. The third-order valence-electron chi connectivity index (χ3n) is 2.65. The summed E-state index contributed by atoms with van der Waals surface area (Å²) >= 11 is 11.3. The maximum absolute atomic E-state index is 6.32. The summed E-state index contributed by atoms with van der Waals surface area (Å²) < 4.78 is 1.000. The smallest absolute Gasteiger partial charge is 0.0660 e. The SMILES string of the molecule is Cc1cc(C)c(C(N)c2cc(Cl)ccc2Br)s1. The number of rotatable bonds is 2. The third kappa shape index (κ3) is 2.74. The van der Waals surface area contributed by atoms with Crippen molar-refractivity contribution in [1.82, 2.24) is 0 Å². The highest BCUT2D eigenvalue weighted by molar-refractivity contribution is 9.10. The lowest BCUT2D eigenvalue weighted by atomic mass is 10.0. The molecule has 0 amide bonds. The Balaban J connectivity index is 2.46. The Morgan fingerprint density at radius 2 is 2.00 bits per heavy atom. The zero-order valence-electron chi connectivity index (χ0n) is 9.63. The van der Waals surface area contributed by atoms with E-state index in [4.69, 9.17) is 17.3 Å². The molecule has 0 aliphatic carbocycles. The second-order valence-electron chi connectivity index (χ2n) is 4.05. The summed E-state index contributed by atoms with van der Waals surface area (Å²) in [6.07, 6.45) is 0. The molecule has 1 atom stereocenters. The van der Waals surface area contributed by atoms with E-state index in [0.717, 1.165) is 10.0 Å². The van der Waals surface area contributed by atoms with Gasteiger partial charge in [-0.15, -0.1) is 11.3 Å². The van der Waals surface area contributed by atoms with Gasteiger partial charge in [0, 0.05) is 19.2 Å². The van der Waals surface area contributed by atoms with Gasteiger partial charge in [-0.05, 0) is 49.2 Å². The highest BCUT2D eigenvalue weighted by atomic mass is 79.9. The van der Waals surface area contributed by atoms with E-state index in [1.54, 1.807) is 11.3 Å². The van der Waals surface area contributed by atoms with Gasteiger partial charge >= 0.3 is 0 Å². The van der Waals surface area contributed by atoms with E-state index >= 15 is 0 Å². The molecule has 0 saturated carbocycles.